The molecule has 1 spiro atoms. The Labute approximate surface area is 92.4 Å². The van der Waals surface area contributed by atoms with Crippen LogP contribution in [-0.4, -0.2) is 16.7 Å². The molecule has 0 bridgehead atoms. The fourth-order valence-corrected chi connectivity index (χ4v) is 4.96. The maximum absolute atomic E-state index is 3.83. The summed E-state index contributed by atoms with van der Waals surface area (Å²) in [6, 6.07) is 0. The van der Waals surface area contributed by atoms with E-state index in [1.54, 1.807) is 0 Å². The van der Waals surface area contributed by atoms with Gasteiger partial charge in [-0.3, -0.25) is 0 Å². The van der Waals surface area contributed by atoms with Gasteiger partial charge in [0.15, 0.2) is 0 Å². The molecule has 1 N–H and O–H groups in total. The molecule has 1 nitrogen and oxygen atoms in total. The van der Waals surface area contributed by atoms with Gasteiger partial charge >= 0.3 is 0 Å². The smallest absolute Gasteiger partial charge is 0.0676 e. The van der Waals surface area contributed by atoms with Crippen LogP contribution in [0.1, 0.15) is 52.4 Å². The first kappa shape index (κ1) is 10.8. The van der Waals surface area contributed by atoms with E-state index in [-0.39, 0.29) is 0 Å². The first-order valence-corrected chi connectivity index (χ1v) is 7.07. The Morgan fingerprint density at radius 1 is 1.36 bits per heavy atom. The summed E-state index contributed by atoms with van der Waals surface area (Å²) in [6.07, 6.45) is 8.44. The van der Waals surface area contributed by atoms with Crippen LogP contribution in [0.25, 0.3) is 0 Å². The summed E-state index contributed by atoms with van der Waals surface area (Å²) < 4.78 is 0. The third-order valence-electron chi connectivity index (χ3n) is 3.89. The normalized spacial score (nSPS) is 44.1. The standard InChI is InChI=1S/C12H23NS/c1-3-11-6-4-5-8-12(11)13-9-7-10(2)14-12/h10-11,13H,3-9H2,1-2H3. The molecule has 1 heterocycles. The molecular formula is C12H23NS. The third kappa shape index (κ3) is 1.96. The molecule has 3 atom stereocenters. The van der Waals surface area contributed by atoms with Crippen LogP contribution >= 0.6 is 11.8 Å². The number of hydrogen-bond donors (Lipinski definition) is 1. The van der Waals surface area contributed by atoms with Crippen molar-refractivity contribution >= 4 is 11.8 Å². The summed E-state index contributed by atoms with van der Waals surface area (Å²) in [7, 11) is 0. The van der Waals surface area contributed by atoms with Crippen molar-refractivity contribution in [3.8, 4) is 0 Å². The molecule has 1 aliphatic heterocycles. The first-order valence-electron chi connectivity index (χ1n) is 6.19. The molecule has 3 unspecified atom stereocenters. The van der Waals surface area contributed by atoms with Gasteiger partial charge in [-0.1, -0.05) is 33.1 Å². The SMILES string of the molecule is CCC1CCCCC12NCCC(C)S2. The Bertz CT molecular complexity index is 191. The minimum atomic E-state index is 0.463. The highest BCUT2D eigenvalue weighted by Gasteiger charge is 2.42. The predicted molar refractivity (Wildman–Crippen MR) is 64.7 cm³/mol. The van der Waals surface area contributed by atoms with Crippen molar-refractivity contribution in [1.82, 2.24) is 5.32 Å². The molecule has 0 amide bonds. The van der Waals surface area contributed by atoms with E-state index in [0.717, 1.165) is 11.2 Å². The van der Waals surface area contributed by atoms with Gasteiger partial charge in [-0.2, -0.15) is 0 Å². The zero-order valence-electron chi connectivity index (χ0n) is 9.51. The molecule has 82 valence electrons. The Morgan fingerprint density at radius 2 is 2.21 bits per heavy atom. The fourth-order valence-electron chi connectivity index (χ4n) is 3.08. The van der Waals surface area contributed by atoms with Gasteiger partial charge in [0.05, 0.1) is 4.87 Å². The second kappa shape index (κ2) is 4.44. The van der Waals surface area contributed by atoms with Crippen molar-refractivity contribution in [2.24, 2.45) is 5.92 Å². The summed E-state index contributed by atoms with van der Waals surface area (Å²) in [5.41, 5.74) is 0. The lowest BCUT2D eigenvalue weighted by Crippen LogP contribution is -2.54. The Kier molecular flexibility index (Phi) is 3.43. The van der Waals surface area contributed by atoms with Crippen LogP contribution in [0.3, 0.4) is 0 Å². The summed E-state index contributed by atoms with van der Waals surface area (Å²) in [6.45, 7) is 6.00. The van der Waals surface area contributed by atoms with E-state index in [4.69, 9.17) is 0 Å². The molecule has 1 aliphatic carbocycles. The van der Waals surface area contributed by atoms with Gasteiger partial charge in [-0.15, -0.1) is 11.8 Å². The maximum Gasteiger partial charge on any atom is 0.0676 e. The lowest BCUT2D eigenvalue weighted by Gasteiger charge is -2.48. The number of rotatable bonds is 1. The van der Waals surface area contributed by atoms with E-state index in [0.29, 0.717) is 4.87 Å². The van der Waals surface area contributed by atoms with Crippen LogP contribution < -0.4 is 5.32 Å². The molecule has 0 aromatic heterocycles. The van der Waals surface area contributed by atoms with E-state index < -0.39 is 0 Å². The van der Waals surface area contributed by atoms with Gasteiger partial charge in [0.25, 0.3) is 0 Å². The molecule has 2 aliphatic rings. The molecule has 0 aromatic carbocycles. The van der Waals surface area contributed by atoms with Gasteiger partial charge in [0.1, 0.15) is 0 Å². The highest BCUT2D eigenvalue weighted by molar-refractivity contribution is 8.01. The van der Waals surface area contributed by atoms with Crippen molar-refractivity contribution < 1.29 is 0 Å². The monoisotopic (exact) mass is 213 g/mol. The Morgan fingerprint density at radius 3 is 2.93 bits per heavy atom. The quantitative estimate of drug-likeness (QED) is 0.716. The minimum Gasteiger partial charge on any atom is -0.303 e. The number of hydrogen-bond acceptors (Lipinski definition) is 2. The third-order valence-corrected chi connectivity index (χ3v) is 5.63. The Hall–Kier alpha value is 0.310. The van der Waals surface area contributed by atoms with Crippen molar-refractivity contribution in [2.45, 2.75) is 62.5 Å². The molecule has 2 heteroatoms. The average molecular weight is 213 g/mol. The zero-order chi connectivity index (χ0) is 10.0. The maximum atomic E-state index is 3.83. The summed E-state index contributed by atoms with van der Waals surface area (Å²) >= 11 is 2.23. The lowest BCUT2D eigenvalue weighted by atomic mass is 9.82. The van der Waals surface area contributed by atoms with Gasteiger partial charge in [-0.25, -0.2) is 0 Å². The fraction of sp³-hybridized carbons (Fsp3) is 1.00. The number of nitrogens with one attached hydrogen (secondary N) is 1. The second-order valence-corrected chi connectivity index (χ2v) is 6.65. The molecule has 1 saturated heterocycles. The minimum absolute atomic E-state index is 0.463. The second-order valence-electron chi connectivity index (χ2n) is 4.88. The topological polar surface area (TPSA) is 12.0 Å². The molecule has 0 radical (unpaired) electrons. The van der Waals surface area contributed by atoms with Crippen LogP contribution in [0.5, 0.6) is 0 Å². The molecule has 14 heavy (non-hydrogen) atoms. The molecule has 1 saturated carbocycles. The van der Waals surface area contributed by atoms with Crippen molar-refractivity contribution in [3.63, 3.8) is 0 Å². The van der Waals surface area contributed by atoms with E-state index in [1.807, 2.05) is 0 Å². The Balaban J connectivity index is 2.09. The zero-order valence-corrected chi connectivity index (χ0v) is 10.3. The summed E-state index contributed by atoms with van der Waals surface area (Å²) in [4.78, 5) is 0.463. The highest BCUT2D eigenvalue weighted by atomic mass is 32.2. The summed E-state index contributed by atoms with van der Waals surface area (Å²) in [5, 5.41) is 4.69. The van der Waals surface area contributed by atoms with Crippen LogP contribution in [0.4, 0.5) is 0 Å². The van der Waals surface area contributed by atoms with Gasteiger partial charge in [0, 0.05) is 5.25 Å². The van der Waals surface area contributed by atoms with Crippen molar-refractivity contribution in [3.05, 3.63) is 0 Å². The van der Waals surface area contributed by atoms with Crippen molar-refractivity contribution in [2.75, 3.05) is 6.54 Å². The molecule has 2 rings (SSSR count). The molecule has 2 fully saturated rings. The van der Waals surface area contributed by atoms with E-state index in [9.17, 15) is 0 Å². The summed E-state index contributed by atoms with van der Waals surface area (Å²) in [5.74, 6) is 0.920. The lowest BCUT2D eigenvalue weighted by molar-refractivity contribution is 0.217. The van der Waals surface area contributed by atoms with Gasteiger partial charge in [0.2, 0.25) is 0 Å². The largest absolute Gasteiger partial charge is 0.303 e. The average Bonchev–Trinajstić information content (AvgIpc) is 2.18. The molecule has 0 aromatic rings. The van der Waals surface area contributed by atoms with E-state index >= 15 is 0 Å². The van der Waals surface area contributed by atoms with Crippen LogP contribution in [0.2, 0.25) is 0 Å². The molecular weight excluding hydrogens is 190 g/mol. The highest BCUT2D eigenvalue weighted by Crippen LogP contribution is 2.47. The van der Waals surface area contributed by atoms with Crippen LogP contribution in [-0.2, 0) is 0 Å². The predicted octanol–water partition coefficient (Wildman–Crippen LogP) is 3.40. The van der Waals surface area contributed by atoms with E-state index in [2.05, 4.69) is 30.9 Å². The van der Waals surface area contributed by atoms with Crippen LogP contribution in [0.15, 0.2) is 0 Å². The number of thioether (sulfide) groups is 1. The van der Waals surface area contributed by atoms with Gasteiger partial charge < -0.3 is 5.32 Å². The van der Waals surface area contributed by atoms with Gasteiger partial charge in [-0.05, 0) is 31.7 Å². The van der Waals surface area contributed by atoms with E-state index in [1.165, 1.54) is 45.1 Å². The van der Waals surface area contributed by atoms with Crippen molar-refractivity contribution in [1.29, 1.82) is 0 Å². The first-order chi connectivity index (χ1) is 6.77. The van der Waals surface area contributed by atoms with Crippen LogP contribution in [0, 0.1) is 5.92 Å².